The van der Waals surface area contributed by atoms with Gasteiger partial charge in [-0.3, -0.25) is 20.5 Å². The minimum atomic E-state index is -3.22. The summed E-state index contributed by atoms with van der Waals surface area (Å²) >= 11 is 28.7. The van der Waals surface area contributed by atoms with Gasteiger partial charge in [0.15, 0.2) is 0 Å². The van der Waals surface area contributed by atoms with Crippen LogP contribution in [-0.2, 0) is 15.8 Å². The highest BCUT2D eigenvalue weighted by Crippen LogP contribution is 2.61. The van der Waals surface area contributed by atoms with Crippen molar-refractivity contribution < 1.29 is 44.5 Å². The lowest BCUT2D eigenvalue weighted by molar-refractivity contribution is -0.302. The molecule has 28 heteroatoms. The molecule has 414 valence electrons. The molecule has 0 saturated heterocycles. The maximum atomic E-state index is 11.5. The minimum absolute atomic E-state index is 0.0998. The van der Waals surface area contributed by atoms with Crippen molar-refractivity contribution in [3.8, 4) is 0 Å². The van der Waals surface area contributed by atoms with Gasteiger partial charge >= 0.3 is 17.1 Å². The van der Waals surface area contributed by atoms with E-state index in [0.717, 1.165) is 82.3 Å². The summed E-state index contributed by atoms with van der Waals surface area (Å²) in [6.45, 7) is 10.5. The Labute approximate surface area is 519 Å². The Balaban J connectivity index is 0.000000885. The number of rotatable bonds is 3. The number of nitrogens with zero attached hydrogens (tertiary/aromatic N) is 5. The number of carbonyl (C=O) groups excluding carboxylic acids is 2. The Morgan fingerprint density at radius 1 is 0.714 bits per heavy atom. The normalized spacial score (nSPS) is 10.4. The van der Waals surface area contributed by atoms with Gasteiger partial charge in [0.1, 0.15) is 23.6 Å². The summed E-state index contributed by atoms with van der Waals surface area (Å²) in [5.74, 6) is -2.23. The first-order valence-electron chi connectivity index (χ1n) is 21.5. The average molecular weight is 1610 g/mol. The summed E-state index contributed by atoms with van der Waals surface area (Å²) < 4.78 is 14.0. The third kappa shape index (κ3) is 25.1. The molecule has 0 unspecified atom stereocenters. The summed E-state index contributed by atoms with van der Waals surface area (Å²) in [7, 11) is 3.38. The van der Waals surface area contributed by atoms with E-state index in [1.54, 1.807) is 56.7 Å². The number of aromatic carboxylic acids is 2. The van der Waals surface area contributed by atoms with Gasteiger partial charge < -0.3 is 42.6 Å². The number of fused-ring (bicyclic) bond motifs is 3. The monoisotopic (exact) mass is 1600 g/mol. The lowest BCUT2D eigenvalue weighted by Gasteiger charge is -2.12. The van der Waals surface area contributed by atoms with E-state index in [1.807, 2.05) is 51.2 Å². The van der Waals surface area contributed by atoms with Gasteiger partial charge in [0, 0.05) is 67.6 Å². The minimum Gasteiger partial charge on any atom is -0.550 e. The van der Waals surface area contributed by atoms with Gasteiger partial charge in [0.25, 0.3) is 5.91 Å². The van der Waals surface area contributed by atoms with Gasteiger partial charge in [-0.15, -0.1) is 0 Å². The molecule has 7 aromatic rings. The fourth-order valence-electron chi connectivity index (χ4n) is 6.20. The quantitative estimate of drug-likeness (QED) is 0.0203. The summed E-state index contributed by atoms with van der Waals surface area (Å²) in [6, 6.07) is 20.6. The van der Waals surface area contributed by atoms with E-state index in [9.17, 15) is 18.9 Å². The van der Waals surface area contributed by atoms with Crippen molar-refractivity contribution >= 4 is 216 Å². The number of nitrogens with two attached hydrogens (primary N) is 5. The molecule has 5 aromatic carbocycles. The van der Waals surface area contributed by atoms with E-state index >= 15 is 0 Å². The van der Waals surface area contributed by atoms with Crippen LogP contribution >= 0.6 is 141 Å². The molecular weight excluding hydrogens is 1550 g/mol. The SMILES string of the molecule is CC(=O)[O-].CN.CNc1ncnc2ccc(I)c(C)c12.Cc1c(I)ccc(N)c1C(=O)O.Cc1c(I)ccc2c1C(=O)N=CC2.Cc1c(I)ccc2ncnc(Cl)c12.Cc1cccc(N)c1C(=O)O.NC=[NH2+].O=P(Cl)(Cl)Cl. The van der Waals surface area contributed by atoms with Crippen LogP contribution in [0.5, 0.6) is 0 Å². The molecule has 0 fully saturated rings. The first-order valence-corrected chi connectivity index (χ1v) is 30.6. The topological polar surface area (TPSA) is 354 Å². The first-order chi connectivity index (χ1) is 35.9. The fourth-order valence-corrected chi connectivity index (χ4v) is 8.28. The molecule has 77 heavy (non-hydrogen) atoms. The molecular formula is C49H54Cl4I4N11O8P. The van der Waals surface area contributed by atoms with Crippen LogP contribution in [0.15, 0.2) is 84.4 Å². The van der Waals surface area contributed by atoms with E-state index in [1.165, 1.54) is 26.1 Å². The number of aryl methyl sites for hydroxylation is 3. The zero-order chi connectivity index (χ0) is 59.5. The molecule has 1 aliphatic heterocycles. The summed E-state index contributed by atoms with van der Waals surface area (Å²) in [5, 5.41) is 33.3. The highest BCUT2D eigenvalue weighted by molar-refractivity contribution is 14.1. The van der Waals surface area contributed by atoms with Crippen LogP contribution in [0.3, 0.4) is 0 Å². The van der Waals surface area contributed by atoms with Gasteiger partial charge in [-0.05, 0) is 255 Å². The smallest absolute Gasteiger partial charge is 0.339 e. The Bertz CT molecular complexity index is 3240. The third-order valence-corrected chi connectivity index (χ3v) is 14.5. The second-order valence-electron chi connectivity index (χ2n) is 14.7. The summed E-state index contributed by atoms with van der Waals surface area (Å²) in [6.07, 6.45) is 6.52. The average Bonchev–Trinajstić information content (AvgIpc) is 3.34. The number of nitrogens with one attached hydrogen (secondary N) is 1. The summed E-state index contributed by atoms with van der Waals surface area (Å²) in [4.78, 5) is 62.0. The van der Waals surface area contributed by atoms with Crippen molar-refractivity contribution in [2.75, 3.05) is 30.9 Å². The Hall–Kier alpha value is -4.33. The fraction of sp³-hybridized carbons (Fsp3) is 0.184. The van der Waals surface area contributed by atoms with Gasteiger partial charge in [0.2, 0.25) is 6.34 Å². The molecule has 0 radical (unpaired) electrons. The Kier molecular flexibility index (Phi) is 34.7. The second-order valence-corrected chi connectivity index (χ2v) is 26.3. The Morgan fingerprint density at radius 3 is 1.58 bits per heavy atom. The van der Waals surface area contributed by atoms with Crippen LogP contribution in [0.25, 0.3) is 21.8 Å². The number of carboxylic acid groups (broad SMARTS) is 3. The zero-order valence-electron chi connectivity index (χ0n) is 42.3. The van der Waals surface area contributed by atoms with E-state index in [4.69, 9.17) is 43.2 Å². The molecule has 19 nitrogen and oxygen atoms in total. The molecule has 0 bridgehead atoms. The number of aliphatic imine (C=N–C) groups is 1. The predicted molar refractivity (Wildman–Crippen MR) is 345 cm³/mol. The molecule has 1 aliphatic rings. The molecule has 8 rings (SSSR count). The molecule has 1 amide bonds. The van der Waals surface area contributed by atoms with Gasteiger partial charge in [-0.1, -0.05) is 29.8 Å². The van der Waals surface area contributed by atoms with Crippen molar-refractivity contribution in [1.82, 2.24) is 19.9 Å². The number of hydrogen-bond donors (Lipinski definition) is 8. The zero-order valence-corrected chi connectivity index (χ0v) is 54.9. The van der Waals surface area contributed by atoms with Crippen LogP contribution < -0.4 is 38.8 Å². The number of hydrogen-bond acceptors (Lipinski definition) is 14. The van der Waals surface area contributed by atoms with Crippen LogP contribution in [0.2, 0.25) is 5.15 Å². The van der Waals surface area contributed by atoms with E-state index in [-0.39, 0.29) is 17.0 Å². The number of aromatic nitrogens is 4. The number of aliphatic carboxylic acids is 1. The first kappa shape index (κ1) is 72.7. The van der Waals surface area contributed by atoms with Crippen molar-refractivity contribution in [1.29, 1.82) is 0 Å². The highest BCUT2D eigenvalue weighted by Gasteiger charge is 2.18. The summed E-state index contributed by atoms with van der Waals surface area (Å²) in [5.41, 5.74) is 29.6. The van der Waals surface area contributed by atoms with E-state index in [2.05, 4.69) is 184 Å². The van der Waals surface area contributed by atoms with Gasteiger partial charge in [0.05, 0.1) is 22.2 Å². The van der Waals surface area contributed by atoms with Crippen LogP contribution in [0, 0.1) is 48.9 Å². The van der Waals surface area contributed by atoms with Crippen LogP contribution in [0.4, 0.5) is 17.2 Å². The Morgan fingerprint density at radius 2 is 1.13 bits per heavy atom. The number of benzene rings is 5. The van der Waals surface area contributed by atoms with Gasteiger partial charge in [-0.25, -0.2) is 34.5 Å². The largest absolute Gasteiger partial charge is 0.550 e. The lowest BCUT2D eigenvalue weighted by atomic mass is 9.98. The number of halogens is 8. The van der Waals surface area contributed by atoms with Crippen molar-refractivity contribution in [2.24, 2.45) is 16.5 Å². The number of anilines is 3. The molecule has 2 aromatic heterocycles. The van der Waals surface area contributed by atoms with Crippen molar-refractivity contribution in [3.63, 3.8) is 0 Å². The second kappa shape index (κ2) is 36.8. The van der Waals surface area contributed by atoms with E-state index in [0.29, 0.717) is 22.1 Å². The number of amides is 1. The van der Waals surface area contributed by atoms with Crippen molar-refractivity contribution in [2.45, 2.75) is 48.0 Å². The van der Waals surface area contributed by atoms with Crippen molar-refractivity contribution in [3.05, 3.63) is 149 Å². The maximum absolute atomic E-state index is 11.5. The van der Waals surface area contributed by atoms with Crippen LogP contribution in [0.1, 0.15) is 71.4 Å². The lowest BCUT2D eigenvalue weighted by Crippen LogP contribution is -2.33. The predicted octanol–water partition coefficient (Wildman–Crippen LogP) is 10.2. The molecule has 13 N–H and O–H groups in total. The molecule has 0 spiro atoms. The van der Waals surface area contributed by atoms with E-state index < -0.39 is 23.1 Å². The molecule has 0 saturated carbocycles. The number of nitrogen functional groups attached to an aromatic ring is 2. The standard InChI is InChI=1S/C10H10IN3.C10H8INO.C9H6ClIN2.C8H8INO2.C8H9NO2.C2H4O2.CH4N2.CH5N.Cl3OP/c1-6-7(11)3-4-8-9(6)10(12-2)14-5-13-8;1-6-8(11)3-2-7-4-5-12-10(13)9(6)7;1-5-6(11)2-3-7-8(5)9(10)13-4-12-7;1-4-5(9)2-3-6(10)7(4)8(11)12;1-5-3-2-4-6(9)7(5)8(10)11;1-2(3)4;2-1-3;1-2;1-5(2,3)4/h3-5H,1-2H3,(H,12,13,14);2-3,5H,4H2,1H3;2-4H,1H3;2-3H,10H2,1H3,(H,11,12);2-4H,9H2,1H3,(H,10,11);1H3,(H,3,4);1H,(H3,2,3);2H2,1H3;. The highest BCUT2D eigenvalue weighted by atomic mass is 127. The number of carbonyl (C=O) groups is 4. The van der Waals surface area contributed by atoms with Crippen LogP contribution in [-0.4, -0.2) is 80.6 Å². The number of carboxylic acids is 3. The molecule has 3 heterocycles. The third-order valence-electron chi connectivity index (χ3n) is 9.57. The maximum Gasteiger partial charge on any atom is 0.339 e. The van der Waals surface area contributed by atoms with Gasteiger partial charge in [-0.2, -0.15) is 0 Å². The molecule has 0 atom stereocenters. The molecule has 0 aliphatic carbocycles.